The highest BCUT2D eigenvalue weighted by Crippen LogP contribution is 2.23. The third kappa shape index (κ3) is 3.01. The summed E-state index contributed by atoms with van der Waals surface area (Å²) in [6.07, 6.45) is 2.60. The average Bonchev–Trinajstić information content (AvgIpc) is 2.73. The Labute approximate surface area is 110 Å². The van der Waals surface area contributed by atoms with E-state index in [4.69, 9.17) is 5.11 Å². The summed E-state index contributed by atoms with van der Waals surface area (Å²) in [6, 6.07) is 3.91. The van der Waals surface area contributed by atoms with Gasteiger partial charge in [0.05, 0.1) is 10.3 Å². The van der Waals surface area contributed by atoms with Gasteiger partial charge in [0.15, 0.2) is 0 Å². The lowest BCUT2D eigenvalue weighted by Gasteiger charge is -2.05. The van der Waals surface area contributed by atoms with Gasteiger partial charge in [0.2, 0.25) is 0 Å². The van der Waals surface area contributed by atoms with Crippen LogP contribution >= 0.6 is 27.3 Å². The van der Waals surface area contributed by atoms with Gasteiger partial charge in [0, 0.05) is 11.1 Å². The predicted octanol–water partition coefficient (Wildman–Crippen LogP) is 2.61. The number of aromatic carboxylic acids is 1. The summed E-state index contributed by atoms with van der Waals surface area (Å²) < 4.78 is 1.04. The molecule has 88 valence electrons. The SMILES string of the molecule is O=C(O)c1cncnc1NCc1ccc(Br)s1. The van der Waals surface area contributed by atoms with Crippen molar-refractivity contribution in [3.05, 3.63) is 38.9 Å². The molecule has 2 N–H and O–H groups in total. The molecule has 0 saturated carbocycles. The molecule has 0 aromatic carbocycles. The molecule has 0 bridgehead atoms. The van der Waals surface area contributed by atoms with Crippen molar-refractivity contribution in [1.29, 1.82) is 0 Å². The first-order chi connectivity index (χ1) is 8.16. The molecule has 0 amide bonds. The highest BCUT2D eigenvalue weighted by molar-refractivity contribution is 9.11. The third-order valence-electron chi connectivity index (χ3n) is 2.00. The van der Waals surface area contributed by atoms with Gasteiger partial charge in [0.25, 0.3) is 0 Å². The summed E-state index contributed by atoms with van der Waals surface area (Å²) in [4.78, 5) is 19.6. The van der Waals surface area contributed by atoms with E-state index in [1.54, 1.807) is 11.3 Å². The quantitative estimate of drug-likeness (QED) is 0.907. The molecule has 0 aliphatic heterocycles. The zero-order chi connectivity index (χ0) is 12.3. The summed E-state index contributed by atoms with van der Waals surface area (Å²) in [7, 11) is 0. The molecular weight excluding hydrogens is 306 g/mol. The fraction of sp³-hybridized carbons (Fsp3) is 0.100. The molecule has 0 unspecified atom stereocenters. The van der Waals surface area contributed by atoms with E-state index in [9.17, 15) is 4.79 Å². The van der Waals surface area contributed by atoms with Crippen molar-refractivity contribution in [2.75, 3.05) is 5.32 Å². The predicted molar refractivity (Wildman–Crippen MR) is 68.3 cm³/mol. The zero-order valence-electron chi connectivity index (χ0n) is 8.55. The molecule has 0 spiro atoms. The number of rotatable bonds is 4. The minimum atomic E-state index is -1.04. The van der Waals surface area contributed by atoms with Gasteiger partial charge in [-0.2, -0.15) is 0 Å². The maximum atomic E-state index is 10.9. The van der Waals surface area contributed by atoms with Crippen molar-refractivity contribution in [3.63, 3.8) is 0 Å². The van der Waals surface area contributed by atoms with Gasteiger partial charge in [-0.1, -0.05) is 0 Å². The maximum absolute atomic E-state index is 10.9. The van der Waals surface area contributed by atoms with E-state index in [-0.39, 0.29) is 5.56 Å². The van der Waals surface area contributed by atoms with E-state index in [0.29, 0.717) is 12.4 Å². The van der Waals surface area contributed by atoms with E-state index in [2.05, 4.69) is 31.2 Å². The van der Waals surface area contributed by atoms with Crippen molar-refractivity contribution in [2.45, 2.75) is 6.54 Å². The second-order valence-electron chi connectivity index (χ2n) is 3.15. The number of carbonyl (C=O) groups is 1. The second-order valence-corrected chi connectivity index (χ2v) is 5.70. The summed E-state index contributed by atoms with van der Waals surface area (Å²) in [6.45, 7) is 0.535. The minimum absolute atomic E-state index is 0.0723. The number of carboxylic acid groups (broad SMARTS) is 1. The fourth-order valence-corrected chi connectivity index (χ4v) is 2.67. The van der Waals surface area contributed by atoms with E-state index >= 15 is 0 Å². The van der Waals surface area contributed by atoms with E-state index in [1.807, 2.05) is 12.1 Å². The van der Waals surface area contributed by atoms with Crippen molar-refractivity contribution in [2.24, 2.45) is 0 Å². The number of nitrogens with zero attached hydrogens (tertiary/aromatic N) is 2. The lowest BCUT2D eigenvalue weighted by atomic mass is 10.3. The Balaban J connectivity index is 2.11. The summed E-state index contributed by atoms with van der Waals surface area (Å²) in [5.74, 6) is -0.711. The summed E-state index contributed by atoms with van der Waals surface area (Å²) in [5, 5.41) is 11.9. The normalized spacial score (nSPS) is 10.2. The molecule has 2 heterocycles. The van der Waals surface area contributed by atoms with E-state index in [1.165, 1.54) is 12.5 Å². The molecule has 2 aromatic heterocycles. The number of anilines is 1. The number of aromatic nitrogens is 2. The van der Waals surface area contributed by atoms with Crippen LogP contribution in [0, 0.1) is 0 Å². The third-order valence-corrected chi connectivity index (χ3v) is 3.63. The number of hydrogen-bond acceptors (Lipinski definition) is 5. The molecule has 5 nitrogen and oxygen atoms in total. The van der Waals surface area contributed by atoms with Crippen LogP contribution in [0.2, 0.25) is 0 Å². The molecule has 0 aliphatic rings. The number of hydrogen-bond donors (Lipinski definition) is 2. The van der Waals surface area contributed by atoms with Gasteiger partial charge in [-0.15, -0.1) is 11.3 Å². The van der Waals surface area contributed by atoms with E-state index < -0.39 is 5.97 Å². The maximum Gasteiger partial charge on any atom is 0.341 e. The largest absolute Gasteiger partial charge is 0.477 e. The number of thiophene rings is 1. The molecule has 0 atom stereocenters. The van der Waals surface area contributed by atoms with Gasteiger partial charge in [0.1, 0.15) is 17.7 Å². The topological polar surface area (TPSA) is 75.1 Å². The van der Waals surface area contributed by atoms with Gasteiger partial charge in [-0.3, -0.25) is 0 Å². The van der Waals surface area contributed by atoms with Crippen molar-refractivity contribution in [3.8, 4) is 0 Å². The number of carboxylic acids is 1. The van der Waals surface area contributed by atoms with Crippen molar-refractivity contribution in [1.82, 2.24) is 9.97 Å². The van der Waals surface area contributed by atoms with Gasteiger partial charge in [-0.25, -0.2) is 14.8 Å². The van der Waals surface area contributed by atoms with Crippen LogP contribution in [0.3, 0.4) is 0 Å². The Morgan fingerprint density at radius 3 is 3.00 bits per heavy atom. The molecular formula is C10H8BrN3O2S. The first-order valence-electron chi connectivity index (χ1n) is 4.68. The summed E-state index contributed by atoms with van der Waals surface area (Å²) >= 11 is 4.95. The molecule has 17 heavy (non-hydrogen) atoms. The Morgan fingerprint density at radius 1 is 1.53 bits per heavy atom. The van der Waals surface area contributed by atoms with Gasteiger partial charge < -0.3 is 10.4 Å². The molecule has 2 aromatic rings. The van der Waals surface area contributed by atoms with Crippen LogP contribution in [0.1, 0.15) is 15.2 Å². The first kappa shape index (κ1) is 12.0. The highest BCUT2D eigenvalue weighted by atomic mass is 79.9. The monoisotopic (exact) mass is 313 g/mol. The molecule has 0 aliphatic carbocycles. The molecule has 0 radical (unpaired) electrons. The number of nitrogens with one attached hydrogen (secondary N) is 1. The average molecular weight is 314 g/mol. The standard InChI is InChI=1S/C10H8BrN3O2S/c11-8-2-1-6(17-8)3-13-9-7(10(15)16)4-12-5-14-9/h1-2,4-5H,3H2,(H,15,16)(H,12,13,14). The smallest absolute Gasteiger partial charge is 0.341 e. The zero-order valence-corrected chi connectivity index (χ0v) is 11.0. The van der Waals surface area contributed by atoms with Crippen LogP contribution in [-0.4, -0.2) is 21.0 Å². The molecule has 2 rings (SSSR count). The Kier molecular flexibility index (Phi) is 3.70. The van der Waals surface area contributed by atoms with Crippen molar-refractivity contribution < 1.29 is 9.90 Å². The lowest BCUT2D eigenvalue weighted by molar-refractivity contribution is 0.0697. The molecule has 0 fully saturated rings. The van der Waals surface area contributed by atoms with Crippen LogP contribution in [-0.2, 0) is 6.54 Å². The lowest BCUT2D eigenvalue weighted by Crippen LogP contribution is -2.08. The Morgan fingerprint density at radius 2 is 2.35 bits per heavy atom. The second kappa shape index (κ2) is 5.24. The minimum Gasteiger partial charge on any atom is -0.477 e. The first-order valence-corrected chi connectivity index (χ1v) is 6.29. The molecule has 7 heteroatoms. The van der Waals surface area contributed by atoms with Crippen LogP contribution in [0.5, 0.6) is 0 Å². The Hall–Kier alpha value is -1.47. The molecule has 0 saturated heterocycles. The van der Waals surface area contributed by atoms with E-state index in [0.717, 1.165) is 8.66 Å². The van der Waals surface area contributed by atoms with Crippen LogP contribution in [0.25, 0.3) is 0 Å². The van der Waals surface area contributed by atoms with Crippen LogP contribution in [0.4, 0.5) is 5.82 Å². The Bertz CT molecular complexity index is 544. The van der Waals surface area contributed by atoms with Gasteiger partial charge in [-0.05, 0) is 28.1 Å². The van der Waals surface area contributed by atoms with Crippen LogP contribution in [0.15, 0.2) is 28.4 Å². The fourth-order valence-electron chi connectivity index (χ4n) is 1.24. The highest BCUT2D eigenvalue weighted by Gasteiger charge is 2.11. The van der Waals surface area contributed by atoms with Crippen molar-refractivity contribution >= 4 is 39.1 Å². The number of halogens is 1. The summed E-state index contributed by atoms with van der Waals surface area (Å²) in [5.41, 5.74) is 0.0723. The van der Waals surface area contributed by atoms with Crippen LogP contribution < -0.4 is 5.32 Å². The van der Waals surface area contributed by atoms with Gasteiger partial charge >= 0.3 is 5.97 Å².